The Morgan fingerprint density at radius 1 is 1.25 bits per heavy atom. The van der Waals surface area contributed by atoms with Crippen molar-refractivity contribution in [3.8, 4) is 11.3 Å². The van der Waals surface area contributed by atoms with Gasteiger partial charge in [-0.15, -0.1) is 13.2 Å². The standard InChI is InChI=1S/C12H10F3N3O.C3H4F2/c1-8-2-3-9(16-7-19)6-10(8)11-4-5-18(17-11)12(13,14)15;4-3(5)1-2-3/h2-7H,1H3,(H,16,19);1-2H2. The van der Waals surface area contributed by atoms with E-state index >= 15 is 0 Å². The highest BCUT2D eigenvalue weighted by atomic mass is 19.4. The number of nitrogens with zero attached hydrogens (tertiary/aromatic N) is 2. The minimum absolute atomic E-state index is 0.0540. The second kappa shape index (κ2) is 6.58. The molecule has 0 spiro atoms. The summed E-state index contributed by atoms with van der Waals surface area (Å²) in [6, 6.07) is 6.22. The zero-order valence-corrected chi connectivity index (χ0v) is 12.6. The molecule has 0 atom stereocenters. The molecule has 3 rings (SSSR count). The first-order valence-corrected chi connectivity index (χ1v) is 6.94. The Morgan fingerprint density at radius 3 is 2.33 bits per heavy atom. The molecule has 9 heteroatoms. The molecule has 1 aromatic carbocycles. The Kier molecular flexibility index (Phi) is 4.91. The van der Waals surface area contributed by atoms with E-state index in [0.29, 0.717) is 17.7 Å². The van der Waals surface area contributed by atoms with Crippen molar-refractivity contribution in [3.63, 3.8) is 0 Å². The van der Waals surface area contributed by atoms with Crippen LogP contribution in [-0.2, 0) is 11.1 Å². The number of carbonyl (C=O) groups is 1. The van der Waals surface area contributed by atoms with Gasteiger partial charge in [0.1, 0.15) is 0 Å². The van der Waals surface area contributed by atoms with Crippen LogP contribution < -0.4 is 5.32 Å². The van der Waals surface area contributed by atoms with E-state index in [1.165, 1.54) is 6.07 Å². The van der Waals surface area contributed by atoms with Crippen molar-refractivity contribution in [2.24, 2.45) is 0 Å². The second-order valence-electron chi connectivity index (χ2n) is 5.26. The van der Waals surface area contributed by atoms with Crippen LogP contribution in [0.1, 0.15) is 18.4 Å². The van der Waals surface area contributed by atoms with Crippen LogP contribution in [0.4, 0.5) is 27.6 Å². The fourth-order valence-electron chi connectivity index (χ4n) is 1.76. The molecule has 0 saturated heterocycles. The number of aryl methyl sites for hydroxylation is 1. The first-order valence-electron chi connectivity index (χ1n) is 6.94. The molecule has 0 radical (unpaired) electrons. The average Bonchev–Trinajstić information content (AvgIpc) is 3.00. The van der Waals surface area contributed by atoms with Gasteiger partial charge in [0, 0.05) is 30.3 Å². The Bertz CT molecular complexity index is 718. The van der Waals surface area contributed by atoms with Gasteiger partial charge in [0.2, 0.25) is 12.3 Å². The summed E-state index contributed by atoms with van der Waals surface area (Å²) in [4.78, 5) is 10.4. The van der Waals surface area contributed by atoms with Crippen LogP contribution in [0.5, 0.6) is 0 Å². The van der Waals surface area contributed by atoms with E-state index in [1.54, 1.807) is 25.1 Å². The van der Waals surface area contributed by atoms with Crippen LogP contribution in [0.3, 0.4) is 0 Å². The van der Waals surface area contributed by atoms with Crippen LogP contribution in [0.15, 0.2) is 30.5 Å². The summed E-state index contributed by atoms with van der Waals surface area (Å²) in [7, 11) is 0. The first kappa shape index (κ1) is 17.9. The number of carbonyl (C=O) groups excluding carboxylic acids is 1. The molecule has 24 heavy (non-hydrogen) atoms. The maximum atomic E-state index is 12.5. The molecule has 1 aliphatic carbocycles. The highest BCUT2D eigenvalue weighted by Crippen LogP contribution is 2.40. The molecular weight excluding hydrogens is 333 g/mol. The second-order valence-corrected chi connectivity index (χ2v) is 5.26. The van der Waals surface area contributed by atoms with Gasteiger partial charge in [-0.3, -0.25) is 4.79 Å². The normalized spacial score (nSPS) is 15.2. The molecule has 0 unspecified atom stereocenters. The molecule has 1 amide bonds. The van der Waals surface area contributed by atoms with Crippen molar-refractivity contribution in [3.05, 3.63) is 36.0 Å². The van der Waals surface area contributed by atoms with Crippen molar-refractivity contribution in [1.82, 2.24) is 9.78 Å². The van der Waals surface area contributed by atoms with E-state index in [-0.39, 0.29) is 23.2 Å². The zero-order valence-electron chi connectivity index (χ0n) is 12.6. The third kappa shape index (κ3) is 4.77. The Labute approximate surface area is 134 Å². The summed E-state index contributed by atoms with van der Waals surface area (Å²) in [5, 5.41) is 5.93. The van der Waals surface area contributed by atoms with Crippen molar-refractivity contribution in [2.45, 2.75) is 32.0 Å². The van der Waals surface area contributed by atoms with Crippen LogP contribution in [-0.4, -0.2) is 22.1 Å². The van der Waals surface area contributed by atoms with Gasteiger partial charge in [0.15, 0.2) is 0 Å². The third-order valence-corrected chi connectivity index (χ3v) is 3.22. The molecule has 1 N–H and O–H groups in total. The Balaban J connectivity index is 0.000000355. The van der Waals surface area contributed by atoms with E-state index in [0.717, 1.165) is 11.8 Å². The molecule has 1 saturated carbocycles. The molecule has 0 bridgehead atoms. The van der Waals surface area contributed by atoms with Crippen molar-refractivity contribution in [2.75, 3.05) is 5.32 Å². The van der Waals surface area contributed by atoms with Gasteiger partial charge in [0.05, 0.1) is 5.69 Å². The molecule has 0 aliphatic heterocycles. The van der Waals surface area contributed by atoms with Gasteiger partial charge in [-0.1, -0.05) is 6.07 Å². The topological polar surface area (TPSA) is 46.9 Å². The lowest BCUT2D eigenvalue weighted by atomic mass is 10.1. The van der Waals surface area contributed by atoms with E-state index in [9.17, 15) is 26.7 Å². The minimum Gasteiger partial charge on any atom is -0.329 e. The van der Waals surface area contributed by atoms with Crippen LogP contribution in [0, 0.1) is 6.92 Å². The number of anilines is 1. The molecule has 1 aromatic heterocycles. The van der Waals surface area contributed by atoms with Gasteiger partial charge >= 0.3 is 6.30 Å². The van der Waals surface area contributed by atoms with Gasteiger partial charge in [0.25, 0.3) is 0 Å². The third-order valence-electron chi connectivity index (χ3n) is 3.22. The van der Waals surface area contributed by atoms with E-state index in [4.69, 9.17) is 0 Å². The van der Waals surface area contributed by atoms with Crippen LogP contribution >= 0.6 is 0 Å². The molecule has 130 valence electrons. The maximum absolute atomic E-state index is 12.5. The average molecular weight is 347 g/mol. The summed E-state index contributed by atoms with van der Waals surface area (Å²) in [5.41, 5.74) is 2.00. The fourth-order valence-corrected chi connectivity index (χ4v) is 1.76. The van der Waals surface area contributed by atoms with Gasteiger partial charge in [-0.05, 0) is 30.7 Å². The molecular formula is C15H14F5N3O. The van der Waals surface area contributed by atoms with Crippen molar-refractivity contribution in [1.29, 1.82) is 0 Å². The Hall–Kier alpha value is -2.45. The summed E-state index contributed by atoms with van der Waals surface area (Å²) >= 11 is 0. The Morgan fingerprint density at radius 2 is 1.88 bits per heavy atom. The lowest BCUT2D eigenvalue weighted by Crippen LogP contribution is -2.17. The van der Waals surface area contributed by atoms with Crippen molar-refractivity contribution >= 4 is 12.1 Å². The number of rotatable bonds is 3. The van der Waals surface area contributed by atoms with Crippen LogP contribution in [0.25, 0.3) is 11.3 Å². The first-order chi connectivity index (χ1) is 11.1. The number of hydrogen-bond acceptors (Lipinski definition) is 2. The summed E-state index contributed by atoms with van der Waals surface area (Å²) in [5.74, 6) is -2.25. The number of aromatic nitrogens is 2. The molecule has 2 aromatic rings. The lowest BCUT2D eigenvalue weighted by molar-refractivity contribution is -0.212. The maximum Gasteiger partial charge on any atom is 0.504 e. The van der Waals surface area contributed by atoms with Gasteiger partial charge in [-0.25, -0.2) is 8.78 Å². The number of nitrogens with one attached hydrogen (secondary N) is 1. The zero-order chi connectivity index (χ0) is 18.0. The molecule has 4 nitrogen and oxygen atoms in total. The largest absolute Gasteiger partial charge is 0.504 e. The fraction of sp³-hybridized carbons (Fsp3) is 0.333. The number of amides is 1. The molecule has 1 aliphatic rings. The number of halogens is 5. The van der Waals surface area contributed by atoms with Crippen LogP contribution in [0.2, 0.25) is 0 Å². The van der Waals surface area contributed by atoms with E-state index in [1.807, 2.05) is 0 Å². The predicted octanol–water partition coefficient (Wildman–Crippen LogP) is 4.32. The number of hydrogen-bond donors (Lipinski definition) is 1. The smallest absolute Gasteiger partial charge is 0.329 e. The van der Waals surface area contributed by atoms with Gasteiger partial charge < -0.3 is 5.32 Å². The number of alkyl halides is 5. The monoisotopic (exact) mass is 347 g/mol. The van der Waals surface area contributed by atoms with E-state index in [2.05, 4.69) is 10.4 Å². The predicted molar refractivity (Wildman–Crippen MR) is 77.6 cm³/mol. The summed E-state index contributed by atoms with van der Waals surface area (Å²) in [6.45, 7) is 1.76. The minimum atomic E-state index is -4.54. The van der Waals surface area contributed by atoms with E-state index < -0.39 is 12.2 Å². The quantitative estimate of drug-likeness (QED) is 0.664. The lowest BCUT2D eigenvalue weighted by Gasteiger charge is -2.07. The molecule has 1 fully saturated rings. The summed E-state index contributed by atoms with van der Waals surface area (Å²) < 4.78 is 59.6. The summed E-state index contributed by atoms with van der Waals surface area (Å²) in [6.07, 6.45) is -2.94. The highest BCUT2D eigenvalue weighted by molar-refractivity contribution is 5.76. The number of benzene rings is 1. The highest BCUT2D eigenvalue weighted by Gasteiger charge is 2.43. The SMILES string of the molecule is Cc1ccc(NC=O)cc1-c1ccn(C(F)(F)F)n1.FC1(F)CC1. The van der Waals surface area contributed by atoms with Gasteiger partial charge in [-0.2, -0.15) is 9.78 Å². The molecule has 1 heterocycles. The van der Waals surface area contributed by atoms with Crippen molar-refractivity contribution < 1.29 is 26.7 Å².